The minimum Gasteiger partial charge on any atom is -0.468 e. The van der Waals surface area contributed by atoms with E-state index in [0.29, 0.717) is 10.5 Å². The molecule has 2 rings (SSSR count). The highest BCUT2D eigenvalue weighted by atomic mass is 32.2. The van der Waals surface area contributed by atoms with Crippen LogP contribution in [0.5, 0.6) is 0 Å². The van der Waals surface area contributed by atoms with Crippen LogP contribution in [0, 0.1) is 24.1 Å². The van der Waals surface area contributed by atoms with Crippen molar-refractivity contribution in [3.63, 3.8) is 0 Å². The Balaban J connectivity index is 2.32. The lowest BCUT2D eigenvalue weighted by Crippen LogP contribution is -1.81. The molecule has 1 aromatic heterocycles. The molecule has 0 saturated carbocycles. The highest BCUT2D eigenvalue weighted by molar-refractivity contribution is 7.99. The van der Waals surface area contributed by atoms with E-state index in [9.17, 15) is 4.39 Å². The van der Waals surface area contributed by atoms with E-state index in [1.807, 2.05) is 19.1 Å². The lowest BCUT2D eigenvalue weighted by atomic mass is 10.2. The van der Waals surface area contributed by atoms with Gasteiger partial charge in [0, 0.05) is 4.90 Å². The van der Waals surface area contributed by atoms with Gasteiger partial charge in [-0.25, -0.2) is 4.39 Å². The lowest BCUT2D eigenvalue weighted by molar-refractivity contribution is 0.527. The van der Waals surface area contributed by atoms with Gasteiger partial charge in [-0.3, -0.25) is 0 Å². The summed E-state index contributed by atoms with van der Waals surface area (Å²) in [6.07, 6.45) is 1.59. The molecule has 0 N–H and O–H groups in total. The van der Waals surface area contributed by atoms with Crippen LogP contribution in [0.4, 0.5) is 4.39 Å². The maximum Gasteiger partial charge on any atom is 0.125 e. The summed E-state index contributed by atoms with van der Waals surface area (Å²) in [7, 11) is 0. The third-order valence-corrected chi connectivity index (χ3v) is 3.15. The van der Waals surface area contributed by atoms with E-state index < -0.39 is 5.82 Å². The summed E-state index contributed by atoms with van der Waals surface area (Å²) in [5.74, 6) is 0.385. The van der Waals surface area contributed by atoms with E-state index >= 15 is 0 Å². The summed E-state index contributed by atoms with van der Waals surface area (Å²) in [5.41, 5.74) is 0.323. The molecule has 0 saturated heterocycles. The van der Waals surface area contributed by atoms with Crippen LogP contribution >= 0.6 is 11.8 Å². The van der Waals surface area contributed by atoms with Crippen LogP contribution in [0.3, 0.4) is 0 Å². The SMILES string of the molecule is Cc1occc1Sc1cc(F)cc(C#N)c1. The first-order valence-corrected chi connectivity index (χ1v) is 5.43. The smallest absolute Gasteiger partial charge is 0.125 e. The van der Waals surface area contributed by atoms with E-state index in [1.165, 1.54) is 23.9 Å². The second kappa shape index (κ2) is 4.42. The molecule has 80 valence electrons. The molecule has 0 unspecified atom stereocenters. The maximum atomic E-state index is 13.2. The van der Waals surface area contributed by atoms with Crippen molar-refractivity contribution in [1.82, 2.24) is 0 Å². The third-order valence-electron chi connectivity index (χ3n) is 2.04. The second-order valence-electron chi connectivity index (χ2n) is 3.23. The second-order valence-corrected chi connectivity index (χ2v) is 4.35. The minimum absolute atomic E-state index is 0.323. The van der Waals surface area contributed by atoms with Gasteiger partial charge in [-0.1, -0.05) is 11.8 Å². The Morgan fingerprint density at radius 2 is 2.19 bits per heavy atom. The average molecular weight is 233 g/mol. The van der Waals surface area contributed by atoms with E-state index in [0.717, 1.165) is 10.7 Å². The first-order valence-electron chi connectivity index (χ1n) is 4.61. The molecule has 0 amide bonds. The highest BCUT2D eigenvalue weighted by Crippen LogP contribution is 2.31. The molecule has 0 fully saturated rings. The van der Waals surface area contributed by atoms with Gasteiger partial charge < -0.3 is 4.42 Å². The summed E-state index contributed by atoms with van der Waals surface area (Å²) in [4.78, 5) is 1.62. The third kappa shape index (κ3) is 2.26. The number of nitrogens with zero attached hydrogens (tertiary/aromatic N) is 1. The van der Waals surface area contributed by atoms with Gasteiger partial charge in [0.2, 0.25) is 0 Å². The number of benzene rings is 1. The van der Waals surface area contributed by atoms with E-state index in [4.69, 9.17) is 9.68 Å². The molecule has 0 atom stereocenters. The first-order chi connectivity index (χ1) is 7.69. The van der Waals surface area contributed by atoms with Gasteiger partial charge in [-0.15, -0.1) is 0 Å². The summed E-state index contributed by atoms with van der Waals surface area (Å²) in [6.45, 7) is 1.84. The van der Waals surface area contributed by atoms with Crippen molar-refractivity contribution in [2.75, 3.05) is 0 Å². The molecule has 0 aliphatic rings. The fourth-order valence-electron chi connectivity index (χ4n) is 1.29. The number of nitriles is 1. The van der Waals surface area contributed by atoms with Crippen molar-refractivity contribution in [2.45, 2.75) is 16.7 Å². The molecule has 0 radical (unpaired) electrons. The molecule has 0 aliphatic heterocycles. The van der Waals surface area contributed by atoms with Gasteiger partial charge in [0.05, 0.1) is 22.8 Å². The Labute approximate surface area is 96.7 Å². The topological polar surface area (TPSA) is 36.9 Å². The number of halogens is 1. The number of hydrogen-bond acceptors (Lipinski definition) is 3. The normalized spacial score (nSPS) is 10.1. The lowest BCUT2D eigenvalue weighted by Gasteiger charge is -2.00. The van der Waals surface area contributed by atoms with Gasteiger partial charge in [-0.05, 0) is 31.2 Å². The maximum absolute atomic E-state index is 13.2. The molecule has 16 heavy (non-hydrogen) atoms. The molecule has 0 aliphatic carbocycles. The molecule has 2 aromatic rings. The van der Waals surface area contributed by atoms with Gasteiger partial charge in [-0.2, -0.15) is 5.26 Å². The Morgan fingerprint density at radius 1 is 1.38 bits per heavy atom. The molecule has 2 nitrogen and oxygen atoms in total. The van der Waals surface area contributed by atoms with Crippen LogP contribution in [-0.4, -0.2) is 0 Å². The Bertz CT molecular complexity index is 556. The zero-order valence-corrected chi connectivity index (χ0v) is 9.34. The van der Waals surface area contributed by atoms with Gasteiger partial charge in [0.25, 0.3) is 0 Å². The monoisotopic (exact) mass is 233 g/mol. The van der Waals surface area contributed by atoms with Gasteiger partial charge in [0.15, 0.2) is 0 Å². The van der Waals surface area contributed by atoms with Gasteiger partial charge in [0.1, 0.15) is 11.6 Å². The fraction of sp³-hybridized carbons (Fsp3) is 0.0833. The van der Waals surface area contributed by atoms with E-state index in [2.05, 4.69) is 0 Å². The van der Waals surface area contributed by atoms with Crippen molar-refractivity contribution in [2.24, 2.45) is 0 Å². The van der Waals surface area contributed by atoms with Crippen LogP contribution in [0.15, 0.2) is 44.7 Å². The largest absolute Gasteiger partial charge is 0.468 e. The number of furan rings is 1. The summed E-state index contributed by atoms with van der Waals surface area (Å²) in [6, 6.07) is 8.01. The molecule has 4 heteroatoms. The average Bonchev–Trinajstić information content (AvgIpc) is 2.63. The number of hydrogen-bond donors (Lipinski definition) is 0. The fourth-order valence-corrected chi connectivity index (χ4v) is 2.22. The molecule has 0 spiro atoms. The van der Waals surface area contributed by atoms with Crippen LogP contribution in [0.1, 0.15) is 11.3 Å². The zero-order chi connectivity index (χ0) is 11.5. The Kier molecular flexibility index (Phi) is 2.97. The zero-order valence-electron chi connectivity index (χ0n) is 8.53. The number of aryl methyl sites for hydroxylation is 1. The quantitative estimate of drug-likeness (QED) is 0.792. The minimum atomic E-state index is -0.400. The van der Waals surface area contributed by atoms with Crippen molar-refractivity contribution in [1.29, 1.82) is 5.26 Å². The van der Waals surface area contributed by atoms with Crippen molar-refractivity contribution in [3.05, 3.63) is 47.7 Å². The van der Waals surface area contributed by atoms with Crippen LogP contribution < -0.4 is 0 Å². The predicted molar refractivity (Wildman–Crippen MR) is 58.7 cm³/mol. The van der Waals surface area contributed by atoms with Crippen molar-refractivity contribution in [3.8, 4) is 6.07 Å². The van der Waals surface area contributed by atoms with E-state index in [-0.39, 0.29) is 0 Å². The molecular formula is C12H8FNOS. The van der Waals surface area contributed by atoms with Crippen molar-refractivity contribution >= 4 is 11.8 Å². The predicted octanol–water partition coefficient (Wildman–Crippen LogP) is 3.75. The molecule has 0 bridgehead atoms. The van der Waals surface area contributed by atoms with Crippen molar-refractivity contribution < 1.29 is 8.81 Å². The van der Waals surface area contributed by atoms with Gasteiger partial charge >= 0.3 is 0 Å². The van der Waals surface area contributed by atoms with Crippen LogP contribution in [0.2, 0.25) is 0 Å². The Hall–Kier alpha value is -1.73. The highest BCUT2D eigenvalue weighted by Gasteiger charge is 2.06. The summed E-state index contributed by atoms with van der Waals surface area (Å²) >= 11 is 1.38. The molecule has 1 aromatic carbocycles. The van der Waals surface area contributed by atoms with E-state index in [1.54, 1.807) is 12.3 Å². The summed E-state index contributed by atoms with van der Waals surface area (Å²) in [5, 5.41) is 8.72. The first kappa shape index (κ1) is 10.8. The number of rotatable bonds is 2. The molecule has 1 heterocycles. The summed E-state index contributed by atoms with van der Waals surface area (Å²) < 4.78 is 18.3. The Morgan fingerprint density at radius 3 is 2.81 bits per heavy atom. The molecular weight excluding hydrogens is 225 g/mol. The van der Waals surface area contributed by atoms with Crippen LogP contribution in [0.25, 0.3) is 0 Å². The van der Waals surface area contributed by atoms with Crippen LogP contribution in [-0.2, 0) is 0 Å². The standard InChI is InChI=1S/C12H8FNOS/c1-8-12(2-3-15-8)16-11-5-9(7-14)4-10(13)6-11/h2-6H,1H3.